The molecule has 0 amide bonds. The van der Waals surface area contributed by atoms with Gasteiger partial charge in [-0.2, -0.15) is 0 Å². The maximum atomic E-state index is 13.6. The Kier molecular flexibility index (Phi) is 12.4. The molecule has 7 nitrogen and oxygen atoms in total. The SMILES string of the molecule is CCN=c1cc2oc3cc(NCC)c(C)cc3c(-c3ccccc3C(=O)OCCCCCCCC/C=C/c3cc(O)c(C)cc3O)c-2cc1C. The van der Waals surface area contributed by atoms with Crippen molar-refractivity contribution < 1.29 is 24.2 Å². The molecule has 3 aromatic rings. The van der Waals surface area contributed by atoms with E-state index in [1.165, 1.54) is 0 Å². The topological polar surface area (TPSA) is 104 Å². The summed E-state index contributed by atoms with van der Waals surface area (Å²) in [7, 11) is 0. The molecule has 7 heteroatoms. The normalized spacial score (nSPS) is 12.0. The van der Waals surface area contributed by atoms with Crippen molar-refractivity contribution in [3.8, 4) is 33.9 Å². The van der Waals surface area contributed by atoms with Gasteiger partial charge in [0.2, 0.25) is 0 Å². The van der Waals surface area contributed by atoms with Gasteiger partial charge in [-0.05, 0) is 106 Å². The summed E-state index contributed by atoms with van der Waals surface area (Å²) in [6.45, 7) is 11.9. The van der Waals surface area contributed by atoms with E-state index in [9.17, 15) is 15.0 Å². The molecule has 3 aromatic carbocycles. The van der Waals surface area contributed by atoms with Crippen LogP contribution in [0.1, 0.15) is 91.4 Å². The van der Waals surface area contributed by atoms with Crippen LogP contribution < -0.4 is 10.7 Å². The average molecular weight is 675 g/mol. The van der Waals surface area contributed by atoms with Crippen molar-refractivity contribution in [2.75, 3.05) is 25.0 Å². The van der Waals surface area contributed by atoms with Crippen LogP contribution in [0.4, 0.5) is 5.69 Å². The summed E-state index contributed by atoms with van der Waals surface area (Å²) in [6, 6.07) is 19.2. The van der Waals surface area contributed by atoms with Gasteiger partial charge in [0.1, 0.15) is 22.8 Å². The van der Waals surface area contributed by atoms with Gasteiger partial charge in [0.25, 0.3) is 0 Å². The molecule has 5 rings (SSSR count). The quantitative estimate of drug-likeness (QED) is 0.0442. The molecule has 0 spiro atoms. The molecule has 0 aromatic heterocycles. The number of unbranched alkanes of at least 4 members (excludes halogenated alkanes) is 6. The number of carbonyl (C=O) groups excluding carboxylic acids is 1. The smallest absolute Gasteiger partial charge is 0.338 e. The summed E-state index contributed by atoms with van der Waals surface area (Å²) in [5.74, 6) is 0.772. The molecule has 0 saturated heterocycles. The number of esters is 1. The lowest BCUT2D eigenvalue weighted by molar-refractivity contribution is 0.0498. The minimum atomic E-state index is -0.322. The molecular formula is C43H50N2O5. The predicted molar refractivity (Wildman–Crippen MR) is 204 cm³/mol. The maximum Gasteiger partial charge on any atom is 0.338 e. The standard InChI is InChI=1S/C43H50N2O5/c1-6-44-36-26-40-34(22-28(36)3)42(35-23-29(4)37(45-7-2)27-41(35)50-40)32-19-15-16-20-33(32)43(48)49-21-17-13-11-9-8-10-12-14-18-31-25-38(46)30(5)24-39(31)47/h14-16,18-20,22-27,44,46-47H,6-13,17,21H2,1-5H3/b18-14+,45-37?. The van der Waals surface area contributed by atoms with E-state index in [2.05, 4.69) is 49.3 Å². The lowest BCUT2D eigenvalue weighted by Crippen LogP contribution is -2.11. The highest BCUT2D eigenvalue weighted by Gasteiger charge is 2.23. The van der Waals surface area contributed by atoms with Crippen molar-refractivity contribution in [2.24, 2.45) is 4.99 Å². The molecule has 2 aliphatic rings. The number of aryl methyl sites for hydroxylation is 3. The number of nitrogens with zero attached hydrogens (tertiary/aromatic N) is 1. The summed E-state index contributed by atoms with van der Waals surface area (Å²) >= 11 is 0. The first-order chi connectivity index (χ1) is 24.2. The fourth-order valence-corrected chi connectivity index (χ4v) is 6.43. The molecule has 1 heterocycles. The Morgan fingerprint density at radius 3 is 2.38 bits per heavy atom. The Labute approximate surface area is 295 Å². The van der Waals surface area contributed by atoms with Gasteiger partial charge >= 0.3 is 5.97 Å². The van der Waals surface area contributed by atoms with Crippen LogP contribution in [0, 0.1) is 20.8 Å². The van der Waals surface area contributed by atoms with Gasteiger partial charge < -0.3 is 24.7 Å². The highest BCUT2D eigenvalue weighted by atomic mass is 16.5. The number of phenols is 2. The van der Waals surface area contributed by atoms with Crippen LogP contribution in [0.3, 0.4) is 0 Å². The second kappa shape index (κ2) is 17.1. The molecule has 0 bridgehead atoms. The van der Waals surface area contributed by atoms with Crippen LogP contribution in [0.25, 0.3) is 39.5 Å². The number of fused-ring (bicyclic) bond motifs is 2. The van der Waals surface area contributed by atoms with E-state index in [4.69, 9.17) is 9.15 Å². The van der Waals surface area contributed by atoms with Gasteiger partial charge in [-0.15, -0.1) is 0 Å². The fraction of sp³-hybridized carbons (Fsp3) is 0.349. The summed E-state index contributed by atoms with van der Waals surface area (Å²) in [5, 5.41) is 25.2. The first-order valence-corrected chi connectivity index (χ1v) is 17.9. The van der Waals surface area contributed by atoms with E-state index in [0.29, 0.717) is 29.8 Å². The Morgan fingerprint density at radius 1 is 0.840 bits per heavy atom. The first-order valence-electron chi connectivity index (χ1n) is 17.9. The van der Waals surface area contributed by atoms with Gasteiger partial charge in [-0.25, -0.2) is 4.79 Å². The van der Waals surface area contributed by atoms with E-state index in [-0.39, 0.29) is 17.5 Å². The van der Waals surface area contributed by atoms with Crippen molar-refractivity contribution in [2.45, 2.75) is 79.6 Å². The van der Waals surface area contributed by atoms with Crippen LogP contribution in [-0.4, -0.2) is 35.9 Å². The molecule has 1 aliphatic carbocycles. The predicted octanol–water partition coefficient (Wildman–Crippen LogP) is 10.5. The number of anilines is 1. The number of ether oxygens (including phenoxy) is 1. The summed E-state index contributed by atoms with van der Waals surface area (Å²) in [5.41, 5.74) is 8.45. The second-order valence-electron chi connectivity index (χ2n) is 13.0. The van der Waals surface area contributed by atoms with Gasteiger partial charge in [0.15, 0.2) is 0 Å². The van der Waals surface area contributed by atoms with Crippen molar-refractivity contribution >= 4 is 28.7 Å². The molecule has 0 unspecified atom stereocenters. The van der Waals surface area contributed by atoms with Gasteiger partial charge in [-0.1, -0.05) is 56.0 Å². The molecule has 262 valence electrons. The molecule has 1 aliphatic heterocycles. The van der Waals surface area contributed by atoms with E-state index < -0.39 is 0 Å². The van der Waals surface area contributed by atoms with Crippen LogP contribution in [0.2, 0.25) is 0 Å². The lowest BCUT2D eigenvalue weighted by Gasteiger charge is -2.20. The van der Waals surface area contributed by atoms with Crippen LogP contribution in [-0.2, 0) is 4.74 Å². The zero-order valence-corrected chi connectivity index (χ0v) is 30.1. The third-order valence-electron chi connectivity index (χ3n) is 9.14. The Bertz CT molecular complexity index is 2020. The van der Waals surface area contributed by atoms with Crippen molar-refractivity contribution in [3.63, 3.8) is 0 Å². The number of hydrogen-bond acceptors (Lipinski definition) is 7. The second-order valence-corrected chi connectivity index (χ2v) is 13.0. The minimum absolute atomic E-state index is 0.181. The zero-order valence-electron chi connectivity index (χ0n) is 30.1. The van der Waals surface area contributed by atoms with Crippen LogP contribution in [0.15, 0.2) is 76.1 Å². The molecule has 3 N–H and O–H groups in total. The molecule has 0 atom stereocenters. The highest BCUT2D eigenvalue weighted by molar-refractivity contribution is 6.08. The van der Waals surface area contributed by atoms with E-state index >= 15 is 0 Å². The summed E-state index contributed by atoms with van der Waals surface area (Å²) < 4.78 is 12.4. The number of rotatable bonds is 15. The molecule has 0 fully saturated rings. The number of aromatic hydroxyl groups is 2. The maximum absolute atomic E-state index is 13.6. The van der Waals surface area contributed by atoms with Crippen LogP contribution >= 0.6 is 0 Å². The summed E-state index contributed by atoms with van der Waals surface area (Å²) in [4.78, 5) is 18.3. The third kappa shape index (κ3) is 8.57. The summed E-state index contributed by atoms with van der Waals surface area (Å²) in [6.07, 6.45) is 11.0. The monoisotopic (exact) mass is 674 g/mol. The number of hydrogen-bond donors (Lipinski definition) is 3. The molecule has 0 saturated carbocycles. The molecule has 50 heavy (non-hydrogen) atoms. The number of allylic oxidation sites excluding steroid dienone is 1. The Hall–Kier alpha value is -5.04. The number of nitrogens with one attached hydrogen (secondary N) is 1. The first kappa shape index (κ1) is 36.2. The number of phenolic OH excluding ortho intramolecular Hbond substituents is 2. The van der Waals surface area contributed by atoms with Crippen LogP contribution in [0.5, 0.6) is 11.5 Å². The number of benzene rings is 4. The number of carbonyl (C=O) groups is 1. The van der Waals surface area contributed by atoms with Gasteiger partial charge in [0.05, 0.1) is 17.5 Å². The van der Waals surface area contributed by atoms with E-state index in [0.717, 1.165) is 107 Å². The molecule has 0 radical (unpaired) electrons. The minimum Gasteiger partial charge on any atom is -0.508 e. The van der Waals surface area contributed by atoms with Crippen molar-refractivity contribution in [1.82, 2.24) is 0 Å². The van der Waals surface area contributed by atoms with E-state index in [1.54, 1.807) is 19.1 Å². The Morgan fingerprint density at radius 2 is 1.60 bits per heavy atom. The molecular weight excluding hydrogens is 624 g/mol. The largest absolute Gasteiger partial charge is 0.508 e. The van der Waals surface area contributed by atoms with Gasteiger partial charge in [-0.3, -0.25) is 4.99 Å². The Balaban J connectivity index is 1.23. The van der Waals surface area contributed by atoms with Crippen molar-refractivity contribution in [3.05, 3.63) is 99.9 Å². The third-order valence-corrected chi connectivity index (χ3v) is 9.14. The van der Waals surface area contributed by atoms with E-state index in [1.807, 2.05) is 49.4 Å². The van der Waals surface area contributed by atoms with Gasteiger partial charge in [0, 0.05) is 53.0 Å². The zero-order chi connectivity index (χ0) is 35.6. The van der Waals surface area contributed by atoms with Crippen molar-refractivity contribution in [1.29, 1.82) is 0 Å². The highest BCUT2D eigenvalue weighted by Crippen LogP contribution is 2.43. The fourth-order valence-electron chi connectivity index (χ4n) is 6.43. The lowest BCUT2D eigenvalue weighted by atomic mass is 9.89. The average Bonchev–Trinajstić information content (AvgIpc) is 3.09.